The van der Waals surface area contributed by atoms with Crippen LogP contribution in [0.2, 0.25) is 5.15 Å². The highest BCUT2D eigenvalue weighted by Gasteiger charge is 2.21. The maximum Gasteiger partial charge on any atom is 0.311 e. The molecular weight excluding hydrogens is 262 g/mol. The zero-order valence-corrected chi connectivity index (χ0v) is 11.3. The molecule has 1 aromatic heterocycles. The molecule has 19 heavy (non-hydrogen) atoms. The summed E-state index contributed by atoms with van der Waals surface area (Å²) in [7, 11) is 0. The summed E-state index contributed by atoms with van der Waals surface area (Å²) in [6.45, 7) is 1.92. The van der Waals surface area contributed by atoms with E-state index in [1.807, 2.05) is 31.2 Å². The van der Waals surface area contributed by atoms with Gasteiger partial charge in [-0.25, -0.2) is 4.98 Å². The molecule has 4 heteroatoms. The first kappa shape index (κ1) is 13.6. The Labute approximate surface area is 116 Å². The summed E-state index contributed by atoms with van der Waals surface area (Å²) in [5.74, 6) is -1.40. The molecule has 0 saturated carbocycles. The van der Waals surface area contributed by atoms with Gasteiger partial charge in [-0.1, -0.05) is 35.9 Å². The topological polar surface area (TPSA) is 50.2 Å². The second-order valence-electron chi connectivity index (χ2n) is 4.44. The lowest BCUT2D eigenvalue weighted by atomic mass is 9.89. The zero-order chi connectivity index (χ0) is 13.8. The van der Waals surface area contributed by atoms with Crippen LogP contribution in [-0.4, -0.2) is 16.1 Å². The molecule has 0 radical (unpaired) electrons. The minimum atomic E-state index is -0.831. The SMILES string of the molecule is Cc1ccccc1C(Cc1ccnc(Cl)c1)C(=O)O. The highest BCUT2D eigenvalue weighted by Crippen LogP contribution is 2.24. The summed E-state index contributed by atoms with van der Waals surface area (Å²) in [5, 5.41) is 9.81. The molecule has 0 amide bonds. The Kier molecular flexibility index (Phi) is 4.17. The fourth-order valence-corrected chi connectivity index (χ4v) is 2.31. The quantitative estimate of drug-likeness (QED) is 0.870. The Hall–Kier alpha value is -1.87. The zero-order valence-electron chi connectivity index (χ0n) is 10.5. The van der Waals surface area contributed by atoms with Crippen LogP contribution < -0.4 is 0 Å². The number of benzene rings is 1. The van der Waals surface area contributed by atoms with Gasteiger partial charge in [0.2, 0.25) is 0 Å². The molecule has 1 unspecified atom stereocenters. The van der Waals surface area contributed by atoms with Crippen molar-refractivity contribution in [2.75, 3.05) is 0 Å². The van der Waals surface area contributed by atoms with Gasteiger partial charge >= 0.3 is 5.97 Å². The van der Waals surface area contributed by atoms with Gasteiger partial charge in [0.25, 0.3) is 0 Å². The van der Waals surface area contributed by atoms with Crippen molar-refractivity contribution < 1.29 is 9.90 Å². The van der Waals surface area contributed by atoms with E-state index in [2.05, 4.69) is 4.98 Å². The molecule has 98 valence electrons. The van der Waals surface area contributed by atoms with E-state index >= 15 is 0 Å². The average Bonchev–Trinajstić information content (AvgIpc) is 2.37. The molecule has 2 rings (SSSR count). The van der Waals surface area contributed by atoms with Crippen LogP contribution in [0.5, 0.6) is 0 Å². The van der Waals surface area contributed by atoms with Crippen molar-refractivity contribution >= 4 is 17.6 Å². The molecule has 0 bridgehead atoms. The maximum absolute atomic E-state index is 11.5. The third kappa shape index (κ3) is 3.32. The molecule has 0 saturated heterocycles. The number of hydrogen-bond donors (Lipinski definition) is 1. The maximum atomic E-state index is 11.5. The van der Waals surface area contributed by atoms with Gasteiger partial charge in [-0.3, -0.25) is 4.79 Å². The van der Waals surface area contributed by atoms with Crippen LogP contribution >= 0.6 is 11.6 Å². The Bertz CT molecular complexity index is 598. The number of aromatic nitrogens is 1. The highest BCUT2D eigenvalue weighted by molar-refractivity contribution is 6.29. The lowest BCUT2D eigenvalue weighted by molar-refractivity contribution is -0.138. The predicted octanol–water partition coefficient (Wildman–Crippen LogP) is 3.45. The van der Waals surface area contributed by atoms with Gasteiger partial charge < -0.3 is 5.11 Å². The molecule has 1 aromatic carbocycles. The Balaban J connectivity index is 2.32. The van der Waals surface area contributed by atoms with Crippen molar-refractivity contribution in [1.82, 2.24) is 4.98 Å². The smallest absolute Gasteiger partial charge is 0.311 e. The standard InChI is InChI=1S/C15H14ClNO2/c1-10-4-2-3-5-12(10)13(15(18)19)8-11-6-7-17-14(16)9-11/h2-7,9,13H,8H2,1H3,(H,18,19). The van der Waals surface area contributed by atoms with Gasteiger partial charge in [-0.2, -0.15) is 0 Å². The average molecular weight is 276 g/mol. The fourth-order valence-electron chi connectivity index (χ4n) is 2.11. The number of carbonyl (C=O) groups is 1. The summed E-state index contributed by atoms with van der Waals surface area (Å²) < 4.78 is 0. The number of aryl methyl sites for hydroxylation is 1. The van der Waals surface area contributed by atoms with E-state index in [1.54, 1.807) is 18.3 Å². The van der Waals surface area contributed by atoms with Crippen LogP contribution in [-0.2, 0) is 11.2 Å². The van der Waals surface area contributed by atoms with Crippen LogP contribution in [0.1, 0.15) is 22.6 Å². The Morgan fingerprint density at radius 2 is 2.11 bits per heavy atom. The van der Waals surface area contributed by atoms with Crippen molar-refractivity contribution in [2.45, 2.75) is 19.3 Å². The van der Waals surface area contributed by atoms with E-state index in [0.29, 0.717) is 11.6 Å². The summed E-state index contributed by atoms with van der Waals surface area (Å²) in [6, 6.07) is 11.0. The lowest BCUT2D eigenvalue weighted by Crippen LogP contribution is -2.15. The minimum absolute atomic E-state index is 0.381. The number of nitrogens with zero attached hydrogens (tertiary/aromatic N) is 1. The third-order valence-corrected chi connectivity index (χ3v) is 3.30. The third-order valence-electron chi connectivity index (χ3n) is 3.09. The first-order valence-corrected chi connectivity index (χ1v) is 6.34. The number of hydrogen-bond acceptors (Lipinski definition) is 2. The van der Waals surface area contributed by atoms with E-state index < -0.39 is 11.9 Å². The summed E-state index contributed by atoms with van der Waals surface area (Å²) in [6.07, 6.45) is 2.00. The number of rotatable bonds is 4. The number of aliphatic carboxylic acids is 1. The predicted molar refractivity (Wildman–Crippen MR) is 74.5 cm³/mol. The molecule has 3 nitrogen and oxygen atoms in total. The minimum Gasteiger partial charge on any atom is -0.481 e. The Morgan fingerprint density at radius 1 is 1.37 bits per heavy atom. The van der Waals surface area contributed by atoms with E-state index in [4.69, 9.17) is 11.6 Å². The molecule has 0 aliphatic carbocycles. The van der Waals surface area contributed by atoms with Crippen LogP contribution in [0.15, 0.2) is 42.6 Å². The molecule has 0 fully saturated rings. The van der Waals surface area contributed by atoms with E-state index in [0.717, 1.165) is 16.7 Å². The number of carboxylic acids is 1. The second-order valence-corrected chi connectivity index (χ2v) is 4.83. The largest absolute Gasteiger partial charge is 0.481 e. The molecule has 2 aromatic rings. The summed E-state index contributed by atoms with van der Waals surface area (Å²) in [5.41, 5.74) is 2.69. The number of pyridine rings is 1. The molecule has 1 atom stereocenters. The lowest BCUT2D eigenvalue weighted by Gasteiger charge is -2.15. The van der Waals surface area contributed by atoms with Gasteiger partial charge in [0.1, 0.15) is 5.15 Å². The van der Waals surface area contributed by atoms with Gasteiger partial charge in [0, 0.05) is 6.20 Å². The van der Waals surface area contributed by atoms with Crippen LogP contribution in [0.3, 0.4) is 0 Å². The van der Waals surface area contributed by atoms with Crippen LogP contribution in [0, 0.1) is 6.92 Å². The molecule has 0 aliphatic rings. The molecule has 0 spiro atoms. The summed E-state index contributed by atoms with van der Waals surface area (Å²) >= 11 is 5.83. The molecule has 0 aliphatic heterocycles. The van der Waals surface area contributed by atoms with Crippen molar-refractivity contribution in [3.05, 3.63) is 64.4 Å². The number of carboxylic acid groups (broad SMARTS) is 1. The van der Waals surface area contributed by atoms with Crippen LogP contribution in [0.25, 0.3) is 0 Å². The Morgan fingerprint density at radius 3 is 2.74 bits per heavy atom. The fraction of sp³-hybridized carbons (Fsp3) is 0.200. The van der Waals surface area contributed by atoms with Gasteiger partial charge in [0.05, 0.1) is 5.92 Å². The van der Waals surface area contributed by atoms with Gasteiger partial charge in [0.15, 0.2) is 0 Å². The van der Waals surface area contributed by atoms with Gasteiger partial charge in [-0.15, -0.1) is 0 Å². The van der Waals surface area contributed by atoms with E-state index in [1.165, 1.54) is 0 Å². The first-order chi connectivity index (χ1) is 9.08. The van der Waals surface area contributed by atoms with Crippen molar-refractivity contribution in [2.24, 2.45) is 0 Å². The van der Waals surface area contributed by atoms with E-state index in [-0.39, 0.29) is 0 Å². The molecular formula is C15H14ClNO2. The summed E-state index contributed by atoms with van der Waals surface area (Å²) in [4.78, 5) is 15.4. The molecule has 1 heterocycles. The molecule has 1 N–H and O–H groups in total. The second kappa shape index (κ2) is 5.85. The highest BCUT2D eigenvalue weighted by atomic mass is 35.5. The first-order valence-electron chi connectivity index (χ1n) is 5.96. The van der Waals surface area contributed by atoms with E-state index in [9.17, 15) is 9.90 Å². The van der Waals surface area contributed by atoms with Crippen molar-refractivity contribution in [1.29, 1.82) is 0 Å². The van der Waals surface area contributed by atoms with Gasteiger partial charge in [-0.05, 0) is 42.2 Å². The van der Waals surface area contributed by atoms with Crippen molar-refractivity contribution in [3.63, 3.8) is 0 Å². The monoisotopic (exact) mass is 275 g/mol. The normalized spacial score (nSPS) is 12.1. The number of halogens is 1. The van der Waals surface area contributed by atoms with Crippen molar-refractivity contribution in [3.8, 4) is 0 Å². The van der Waals surface area contributed by atoms with Crippen LogP contribution in [0.4, 0.5) is 0 Å².